The molecule has 1 aliphatic carbocycles. The van der Waals surface area contributed by atoms with Crippen molar-refractivity contribution in [3.05, 3.63) is 35.9 Å². The number of hydrogen-bond donors (Lipinski definition) is 2. The third kappa shape index (κ3) is 2.50. The summed E-state index contributed by atoms with van der Waals surface area (Å²) in [4.78, 5) is 0. The Morgan fingerprint density at radius 1 is 1.25 bits per heavy atom. The van der Waals surface area contributed by atoms with Crippen molar-refractivity contribution in [2.75, 3.05) is 0 Å². The molecule has 1 fully saturated rings. The fourth-order valence-electron chi connectivity index (χ4n) is 2.45. The first kappa shape index (κ1) is 11.3. The first-order chi connectivity index (χ1) is 7.71. The Balaban J connectivity index is 1.82. The van der Waals surface area contributed by atoms with Crippen LogP contribution in [0.1, 0.15) is 37.7 Å². The lowest BCUT2D eigenvalue weighted by Crippen LogP contribution is -2.32. The van der Waals surface area contributed by atoms with E-state index in [1.165, 1.54) is 5.56 Å². The van der Waals surface area contributed by atoms with Crippen LogP contribution in [-0.4, -0.2) is 16.4 Å². The van der Waals surface area contributed by atoms with Gasteiger partial charge in [0, 0.05) is 5.71 Å². The molecule has 1 atom stereocenters. The van der Waals surface area contributed by atoms with Gasteiger partial charge in [0.2, 0.25) is 0 Å². The number of benzene rings is 1. The van der Waals surface area contributed by atoms with Crippen molar-refractivity contribution < 1.29 is 5.11 Å². The zero-order valence-electron chi connectivity index (χ0n) is 9.58. The summed E-state index contributed by atoms with van der Waals surface area (Å²) < 4.78 is 0. The van der Waals surface area contributed by atoms with Gasteiger partial charge in [-0.3, -0.25) is 0 Å². The monoisotopic (exact) mass is 217 g/mol. The Kier molecular flexibility index (Phi) is 3.39. The van der Waals surface area contributed by atoms with E-state index in [1.807, 2.05) is 18.2 Å². The number of nitrogens with one attached hydrogen (secondary N) is 1. The van der Waals surface area contributed by atoms with Crippen molar-refractivity contribution in [3.8, 4) is 0 Å². The molecule has 1 aromatic carbocycles. The molecule has 2 nitrogen and oxygen atoms in total. The first-order valence-corrected chi connectivity index (χ1v) is 6.05. The molecule has 0 aliphatic heterocycles. The standard InChI is InChI=1S/C14H19NO/c15-13-9-5-11-14(13,16)10-4-8-12-6-2-1-3-7-12/h1-3,6-7,15-16H,4-5,8-11H2. The molecule has 0 bridgehead atoms. The van der Waals surface area contributed by atoms with Crippen LogP contribution in [0.3, 0.4) is 0 Å². The van der Waals surface area contributed by atoms with Gasteiger partial charge in [0.25, 0.3) is 0 Å². The van der Waals surface area contributed by atoms with Gasteiger partial charge in [-0.05, 0) is 44.1 Å². The highest BCUT2D eigenvalue weighted by Gasteiger charge is 2.35. The SMILES string of the molecule is N=C1CCCC1(O)CCCc1ccccc1. The molecule has 2 heteroatoms. The Hall–Kier alpha value is -1.15. The highest BCUT2D eigenvalue weighted by molar-refractivity contribution is 5.91. The lowest BCUT2D eigenvalue weighted by atomic mass is 9.92. The quantitative estimate of drug-likeness (QED) is 0.800. The molecular formula is C14H19NO. The molecule has 1 unspecified atom stereocenters. The minimum absolute atomic E-state index is 0.542. The van der Waals surface area contributed by atoms with Gasteiger partial charge >= 0.3 is 0 Å². The third-order valence-electron chi connectivity index (χ3n) is 3.48. The zero-order valence-corrected chi connectivity index (χ0v) is 9.58. The van der Waals surface area contributed by atoms with E-state index in [0.29, 0.717) is 5.71 Å². The fourth-order valence-corrected chi connectivity index (χ4v) is 2.45. The summed E-state index contributed by atoms with van der Waals surface area (Å²) in [6, 6.07) is 10.3. The number of hydrogen-bond acceptors (Lipinski definition) is 2. The van der Waals surface area contributed by atoms with Gasteiger partial charge < -0.3 is 10.5 Å². The molecule has 0 saturated heterocycles. The van der Waals surface area contributed by atoms with Gasteiger partial charge in [0.15, 0.2) is 0 Å². The van der Waals surface area contributed by atoms with Crippen molar-refractivity contribution in [2.45, 2.75) is 44.1 Å². The van der Waals surface area contributed by atoms with Crippen LogP contribution < -0.4 is 0 Å². The van der Waals surface area contributed by atoms with E-state index in [2.05, 4.69) is 12.1 Å². The van der Waals surface area contributed by atoms with Crippen LogP contribution in [0.25, 0.3) is 0 Å². The molecule has 0 heterocycles. The average Bonchev–Trinajstić information content (AvgIpc) is 2.61. The largest absolute Gasteiger partial charge is 0.384 e. The molecule has 2 rings (SSSR count). The molecule has 86 valence electrons. The summed E-state index contributed by atoms with van der Waals surface area (Å²) in [5.41, 5.74) is 1.07. The highest BCUT2D eigenvalue weighted by atomic mass is 16.3. The number of aliphatic hydroxyl groups is 1. The van der Waals surface area contributed by atoms with E-state index in [0.717, 1.165) is 38.5 Å². The molecule has 2 N–H and O–H groups in total. The Morgan fingerprint density at radius 3 is 2.62 bits per heavy atom. The second-order valence-electron chi connectivity index (χ2n) is 4.70. The first-order valence-electron chi connectivity index (χ1n) is 6.05. The van der Waals surface area contributed by atoms with Crippen LogP contribution in [0.2, 0.25) is 0 Å². The van der Waals surface area contributed by atoms with Gasteiger partial charge in [-0.2, -0.15) is 0 Å². The highest BCUT2D eigenvalue weighted by Crippen LogP contribution is 2.30. The number of aryl methyl sites for hydroxylation is 1. The fraction of sp³-hybridized carbons (Fsp3) is 0.500. The van der Waals surface area contributed by atoms with Gasteiger partial charge in [0.1, 0.15) is 5.60 Å². The van der Waals surface area contributed by atoms with Crippen LogP contribution in [-0.2, 0) is 6.42 Å². The van der Waals surface area contributed by atoms with E-state index in [-0.39, 0.29) is 0 Å². The molecule has 1 aromatic rings. The summed E-state index contributed by atoms with van der Waals surface area (Å²) in [7, 11) is 0. The van der Waals surface area contributed by atoms with E-state index in [9.17, 15) is 5.11 Å². The normalized spacial score (nSPS) is 24.9. The van der Waals surface area contributed by atoms with E-state index in [1.54, 1.807) is 0 Å². The van der Waals surface area contributed by atoms with Crippen LogP contribution in [0, 0.1) is 5.41 Å². The van der Waals surface area contributed by atoms with Crippen molar-refractivity contribution in [3.63, 3.8) is 0 Å². The topological polar surface area (TPSA) is 44.1 Å². The maximum Gasteiger partial charge on any atom is 0.102 e. The number of rotatable bonds is 4. The molecule has 1 aliphatic rings. The average molecular weight is 217 g/mol. The van der Waals surface area contributed by atoms with Crippen LogP contribution in [0.15, 0.2) is 30.3 Å². The maximum atomic E-state index is 10.2. The second kappa shape index (κ2) is 4.79. The lowest BCUT2D eigenvalue weighted by Gasteiger charge is -2.22. The van der Waals surface area contributed by atoms with Crippen LogP contribution >= 0.6 is 0 Å². The molecule has 16 heavy (non-hydrogen) atoms. The minimum Gasteiger partial charge on any atom is -0.384 e. The van der Waals surface area contributed by atoms with Gasteiger partial charge in [-0.15, -0.1) is 0 Å². The lowest BCUT2D eigenvalue weighted by molar-refractivity contribution is 0.100. The van der Waals surface area contributed by atoms with Crippen molar-refractivity contribution in [2.24, 2.45) is 0 Å². The summed E-state index contributed by atoms with van der Waals surface area (Å²) >= 11 is 0. The minimum atomic E-state index is -0.783. The van der Waals surface area contributed by atoms with Crippen LogP contribution in [0.5, 0.6) is 0 Å². The van der Waals surface area contributed by atoms with Gasteiger partial charge in [-0.25, -0.2) is 0 Å². The van der Waals surface area contributed by atoms with Gasteiger partial charge in [-0.1, -0.05) is 30.3 Å². The summed E-state index contributed by atoms with van der Waals surface area (Å²) in [6.45, 7) is 0. The van der Waals surface area contributed by atoms with Crippen molar-refractivity contribution in [1.82, 2.24) is 0 Å². The second-order valence-corrected chi connectivity index (χ2v) is 4.70. The van der Waals surface area contributed by atoms with Crippen molar-refractivity contribution >= 4 is 5.71 Å². The Labute approximate surface area is 96.8 Å². The van der Waals surface area contributed by atoms with Crippen molar-refractivity contribution in [1.29, 1.82) is 5.41 Å². The van der Waals surface area contributed by atoms with E-state index in [4.69, 9.17) is 5.41 Å². The molecule has 0 amide bonds. The molecule has 0 spiro atoms. The maximum absolute atomic E-state index is 10.2. The summed E-state index contributed by atoms with van der Waals surface area (Å²) in [5.74, 6) is 0. The predicted octanol–water partition coefficient (Wildman–Crippen LogP) is 2.94. The molecule has 0 radical (unpaired) electrons. The van der Waals surface area contributed by atoms with E-state index < -0.39 is 5.60 Å². The predicted molar refractivity (Wildman–Crippen MR) is 65.9 cm³/mol. The summed E-state index contributed by atoms with van der Waals surface area (Å²) in [6.07, 6.45) is 5.23. The molecule has 0 aromatic heterocycles. The third-order valence-corrected chi connectivity index (χ3v) is 3.48. The molecular weight excluding hydrogens is 198 g/mol. The Morgan fingerprint density at radius 2 is 2.00 bits per heavy atom. The zero-order chi connectivity index (χ0) is 11.4. The van der Waals surface area contributed by atoms with Crippen LogP contribution in [0.4, 0.5) is 0 Å². The van der Waals surface area contributed by atoms with Gasteiger partial charge in [0.05, 0.1) is 0 Å². The van der Waals surface area contributed by atoms with E-state index >= 15 is 0 Å². The molecule has 1 saturated carbocycles. The smallest absolute Gasteiger partial charge is 0.102 e. The Bertz CT molecular complexity index is 360. The summed E-state index contributed by atoms with van der Waals surface area (Å²) in [5, 5.41) is 17.9.